The highest BCUT2D eigenvalue weighted by Crippen LogP contribution is 2.27. The van der Waals surface area contributed by atoms with E-state index in [2.05, 4.69) is 4.74 Å². The fourth-order valence-corrected chi connectivity index (χ4v) is 1.26. The molecule has 0 bridgehead atoms. The Labute approximate surface area is 83.5 Å². The molecule has 0 radical (unpaired) electrons. The second kappa shape index (κ2) is 5.78. The van der Waals surface area contributed by atoms with Crippen molar-refractivity contribution in [3.05, 3.63) is 12.2 Å². The summed E-state index contributed by atoms with van der Waals surface area (Å²) in [6, 6.07) is 0. The number of carbonyl (C=O) groups excluding carboxylic acids is 1. The Bertz CT molecular complexity index is 212. The summed E-state index contributed by atoms with van der Waals surface area (Å²) in [5, 5.41) is 8.56. The van der Waals surface area contributed by atoms with Crippen molar-refractivity contribution in [2.45, 2.75) is 31.5 Å². The van der Waals surface area contributed by atoms with Crippen molar-refractivity contribution in [2.75, 3.05) is 13.7 Å². The Kier molecular flexibility index (Phi) is 4.62. The highest BCUT2D eigenvalue weighted by atomic mass is 16.6. The van der Waals surface area contributed by atoms with E-state index < -0.39 is 0 Å². The van der Waals surface area contributed by atoms with Crippen molar-refractivity contribution in [2.24, 2.45) is 0 Å². The summed E-state index contributed by atoms with van der Waals surface area (Å²) in [5.74, 6) is -0.352. The van der Waals surface area contributed by atoms with Gasteiger partial charge in [-0.15, -0.1) is 0 Å². The lowest BCUT2D eigenvalue weighted by atomic mass is 10.1. The fraction of sp³-hybridized carbons (Fsp3) is 0.700. The molecule has 4 heteroatoms. The first-order valence-electron chi connectivity index (χ1n) is 4.80. The third kappa shape index (κ3) is 3.89. The van der Waals surface area contributed by atoms with Crippen LogP contribution in [0.2, 0.25) is 0 Å². The number of ether oxygens (including phenoxy) is 2. The van der Waals surface area contributed by atoms with Crippen LogP contribution in [0.3, 0.4) is 0 Å². The van der Waals surface area contributed by atoms with E-state index in [4.69, 9.17) is 9.84 Å². The standard InChI is InChI=1S/C10H16O4/c1-13-10(12)6-5-9-8(14-9)4-2-3-7-11/h5-6,8-9,11H,2-4,7H2,1H3/b6-5+. The number of epoxide rings is 1. The first-order chi connectivity index (χ1) is 6.77. The van der Waals surface area contributed by atoms with Crippen molar-refractivity contribution in [1.29, 1.82) is 0 Å². The van der Waals surface area contributed by atoms with Crippen LogP contribution in [0.25, 0.3) is 0 Å². The maximum atomic E-state index is 10.7. The Hall–Kier alpha value is -0.870. The third-order valence-electron chi connectivity index (χ3n) is 2.14. The summed E-state index contributed by atoms with van der Waals surface area (Å²) in [7, 11) is 1.35. The highest BCUT2D eigenvalue weighted by Gasteiger charge is 2.35. The SMILES string of the molecule is COC(=O)/C=C/C1OC1CCCCO. The fourth-order valence-electron chi connectivity index (χ4n) is 1.26. The van der Waals surface area contributed by atoms with Crippen molar-refractivity contribution in [1.82, 2.24) is 0 Å². The molecular weight excluding hydrogens is 184 g/mol. The molecule has 0 spiro atoms. The van der Waals surface area contributed by atoms with Gasteiger partial charge in [0.25, 0.3) is 0 Å². The van der Waals surface area contributed by atoms with E-state index in [1.54, 1.807) is 6.08 Å². The molecule has 0 aliphatic carbocycles. The average molecular weight is 200 g/mol. The smallest absolute Gasteiger partial charge is 0.330 e. The molecular formula is C10H16O4. The summed E-state index contributed by atoms with van der Waals surface area (Å²) < 4.78 is 9.73. The minimum Gasteiger partial charge on any atom is -0.466 e. The summed E-state index contributed by atoms with van der Waals surface area (Å²) in [6.45, 7) is 0.232. The van der Waals surface area contributed by atoms with E-state index in [1.165, 1.54) is 13.2 Å². The number of hydrogen-bond acceptors (Lipinski definition) is 4. The first-order valence-corrected chi connectivity index (χ1v) is 4.80. The van der Waals surface area contributed by atoms with E-state index in [1.807, 2.05) is 0 Å². The zero-order valence-electron chi connectivity index (χ0n) is 8.31. The second-order valence-electron chi connectivity index (χ2n) is 3.24. The quantitative estimate of drug-likeness (QED) is 0.296. The zero-order valence-corrected chi connectivity index (χ0v) is 8.31. The van der Waals surface area contributed by atoms with Crippen LogP contribution in [0.4, 0.5) is 0 Å². The molecule has 1 fully saturated rings. The molecule has 2 atom stereocenters. The molecule has 1 saturated heterocycles. The molecule has 1 aliphatic rings. The van der Waals surface area contributed by atoms with Crippen LogP contribution in [0.1, 0.15) is 19.3 Å². The van der Waals surface area contributed by atoms with Gasteiger partial charge in [0.05, 0.1) is 13.2 Å². The van der Waals surface area contributed by atoms with Gasteiger partial charge in [0.1, 0.15) is 6.10 Å². The molecule has 0 aromatic rings. The number of aliphatic hydroxyl groups is 1. The Balaban J connectivity index is 2.07. The van der Waals surface area contributed by atoms with Crippen LogP contribution in [-0.2, 0) is 14.3 Å². The predicted octanol–water partition coefficient (Wildman–Crippen LogP) is 0.646. The second-order valence-corrected chi connectivity index (χ2v) is 3.24. The van der Waals surface area contributed by atoms with Crippen LogP contribution >= 0.6 is 0 Å². The molecule has 0 aromatic carbocycles. The van der Waals surface area contributed by atoms with Gasteiger partial charge in [0.2, 0.25) is 0 Å². The van der Waals surface area contributed by atoms with Gasteiger partial charge in [0.15, 0.2) is 0 Å². The lowest BCUT2D eigenvalue weighted by molar-refractivity contribution is -0.134. The first kappa shape index (κ1) is 11.2. The van der Waals surface area contributed by atoms with Gasteiger partial charge in [-0.1, -0.05) is 0 Å². The van der Waals surface area contributed by atoms with Crippen molar-refractivity contribution >= 4 is 5.97 Å². The molecule has 4 nitrogen and oxygen atoms in total. The number of unbranched alkanes of at least 4 members (excludes halogenated alkanes) is 1. The molecule has 1 heterocycles. The van der Waals surface area contributed by atoms with Gasteiger partial charge in [0, 0.05) is 12.7 Å². The van der Waals surface area contributed by atoms with Crippen molar-refractivity contribution in [3.8, 4) is 0 Å². The average Bonchev–Trinajstić information content (AvgIpc) is 2.94. The predicted molar refractivity (Wildman–Crippen MR) is 50.8 cm³/mol. The van der Waals surface area contributed by atoms with Crippen LogP contribution in [-0.4, -0.2) is 37.0 Å². The molecule has 1 N–H and O–H groups in total. The lowest BCUT2D eigenvalue weighted by Gasteiger charge is -1.92. The number of hydrogen-bond donors (Lipinski definition) is 1. The minimum atomic E-state index is -0.352. The van der Waals surface area contributed by atoms with Crippen molar-refractivity contribution < 1.29 is 19.4 Å². The molecule has 14 heavy (non-hydrogen) atoms. The molecule has 0 amide bonds. The summed E-state index contributed by atoms with van der Waals surface area (Å²) in [5.41, 5.74) is 0. The summed E-state index contributed by atoms with van der Waals surface area (Å²) in [4.78, 5) is 10.7. The van der Waals surface area contributed by atoms with Crippen LogP contribution < -0.4 is 0 Å². The van der Waals surface area contributed by atoms with E-state index in [0.29, 0.717) is 0 Å². The number of rotatable bonds is 6. The number of esters is 1. The number of methoxy groups -OCH3 is 1. The van der Waals surface area contributed by atoms with Gasteiger partial charge < -0.3 is 14.6 Å². The monoisotopic (exact) mass is 200 g/mol. The van der Waals surface area contributed by atoms with Crippen LogP contribution in [0.15, 0.2) is 12.2 Å². The number of aliphatic hydroxyl groups excluding tert-OH is 1. The molecule has 0 aromatic heterocycles. The Morgan fingerprint density at radius 1 is 1.57 bits per heavy atom. The third-order valence-corrected chi connectivity index (χ3v) is 2.14. The lowest BCUT2D eigenvalue weighted by Crippen LogP contribution is -1.96. The zero-order chi connectivity index (χ0) is 10.4. The maximum absolute atomic E-state index is 10.7. The van der Waals surface area contributed by atoms with Gasteiger partial charge in [-0.2, -0.15) is 0 Å². The molecule has 1 rings (SSSR count). The largest absolute Gasteiger partial charge is 0.466 e. The van der Waals surface area contributed by atoms with Crippen LogP contribution in [0.5, 0.6) is 0 Å². The Morgan fingerprint density at radius 2 is 2.36 bits per heavy atom. The Morgan fingerprint density at radius 3 is 3.00 bits per heavy atom. The van der Waals surface area contributed by atoms with Gasteiger partial charge in [-0.05, 0) is 25.3 Å². The number of carbonyl (C=O) groups is 1. The van der Waals surface area contributed by atoms with E-state index in [9.17, 15) is 4.79 Å². The highest BCUT2D eigenvalue weighted by molar-refractivity contribution is 5.81. The van der Waals surface area contributed by atoms with Crippen molar-refractivity contribution in [3.63, 3.8) is 0 Å². The van der Waals surface area contributed by atoms with Gasteiger partial charge in [-0.3, -0.25) is 0 Å². The maximum Gasteiger partial charge on any atom is 0.330 e. The topological polar surface area (TPSA) is 59.1 Å². The molecule has 0 saturated carbocycles. The van der Waals surface area contributed by atoms with Crippen LogP contribution in [0, 0.1) is 0 Å². The van der Waals surface area contributed by atoms with E-state index >= 15 is 0 Å². The molecule has 1 aliphatic heterocycles. The van der Waals surface area contributed by atoms with Gasteiger partial charge >= 0.3 is 5.97 Å². The minimum absolute atomic E-state index is 0.0628. The molecule has 80 valence electrons. The normalized spacial score (nSPS) is 25.3. The summed E-state index contributed by atoms with van der Waals surface area (Å²) in [6.07, 6.45) is 6.11. The van der Waals surface area contributed by atoms with Gasteiger partial charge in [-0.25, -0.2) is 4.79 Å². The van der Waals surface area contributed by atoms with E-state index in [0.717, 1.165) is 19.3 Å². The summed E-state index contributed by atoms with van der Waals surface area (Å²) >= 11 is 0. The van der Waals surface area contributed by atoms with E-state index in [-0.39, 0.29) is 24.8 Å². The molecule has 2 unspecified atom stereocenters.